The number of ether oxygens (including phenoxy) is 1. The fourth-order valence-electron chi connectivity index (χ4n) is 2.45. The molecule has 0 aliphatic carbocycles. The van der Waals surface area contributed by atoms with Gasteiger partial charge in [0.1, 0.15) is 11.6 Å². The van der Waals surface area contributed by atoms with Crippen molar-refractivity contribution in [3.8, 4) is 5.75 Å². The number of aliphatic hydroxyl groups excluding tert-OH is 2. The first kappa shape index (κ1) is 12.2. The van der Waals surface area contributed by atoms with E-state index in [2.05, 4.69) is 4.98 Å². The number of aromatic nitrogens is 1. The molecular weight excluding hydrogens is 244 g/mol. The Bertz CT molecular complexity index is 592. The minimum Gasteiger partial charge on any atom is -0.497 e. The predicted molar refractivity (Wildman–Crippen MR) is 72.5 cm³/mol. The molecule has 3 rings (SSSR count). The molecule has 0 bridgehead atoms. The molecule has 2 unspecified atom stereocenters. The number of methoxy groups -OCH3 is 1. The van der Waals surface area contributed by atoms with Crippen LogP contribution >= 0.6 is 0 Å². The van der Waals surface area contributed by atoms with Crippen molar-refractivity contribution in [2.45, 2.75) is 12.2 Å². The van der Waals surface area contributed by atoms with E-state index < -0.39 is 12.2 Å². The number of nitrogens with zero attached hydrogens (tertiary/aromatic N) is 2. The van der Waals surface area contributed by atoms with E-state index in [0.29, 0.717) is 13.1 Å². The van der Waals surface area contributed by atoms with Crippen LogP contribution in [0.5, 0.6) is 5.75 Å². The van der Waals surface area contributed by atoms with Gasteiger partial charge in [0.25, 0.3) is 0 Å². The zero-order valence-electron chi connectivity index (χ0n) is 10.7. The van der Waals surface area contributed by atoms with Gasteiger partial charge in [0.2, 0.25) is 0 Å². The van der Waals surface area contributed by atoms with Crippen molar-refractivity contribution < 1.29 is 14.9 Å². The lowest BCUT2D eigenvalue weighted by molar-refractivity contribution is 0.0572. The van der Waals surface area contributed by atoms with Crippen molar-refractivity contribution >= 4 is 16.6 Å². The highest BCUT2D eigenvalue weighted by molar-refractivity contribution is 5.93. The Labute approximate surface area is 111 Å². The van der Waals surface area contributed by atoms with Gasteiger partial charge in [-0.3, -0.25) is 0 Å². The maximum absolute atomic E-state index is 9.66. The van der Waals surface area contributed by atoms with E-state index in [-0.39, 0.29) is 0 Å². The molecule has 2 heterocycles. The second kappa shape index (κ2) is 4.68. The third kappa shape index (κ3) is 2.11. The van der Waals surface area contributed by atoms with E-state index in [1.54, 1.807) is 13.3 Å². The van der Waals surface area contributed by atoms with Crippen molar-refractivity contribution in [1.82, 2.24) is 4.98 Å². The Kier molecular flexibility index (Phi) is 3.00. The molecule has 100 valence electrons. The number of pyridine rings is 1. The van der Waals surface area contributed by atoms with Gasteiger partial charge in [-0.1, -0.05) is 6.07 Å². The molecule has 1 aliphatic rings. The van der Waals surface area contributed by atoms with Gasteiger partial charge in [-0.2, -0.15) is 0 Å². The smallest absolute Gasteiger partial charge is 0.136 e. The summed E-state index contributed by atoms with van der Waals surface area (Å²) in [7, 11) is 1.63. The van der Waals surface area contributed by atoms with Gasteiger partial charge in [-0.25, -0.2) is 4.98 Å². The summed E-state index contributed by atoms with van der Waals surface area (Å²) in [5, 5.41) is 21.3. The molecule has 0 amide bonds. The standard InChI is InChI=1S/C14H16N2O3/c1-19-10-3-2-9-4-5-15-14(11(9)6-10)16-7-12(17)13(18)8-16/h2-6,12-13,17-18H,7-8H2,1H3. The normalized spacial score (nSPS) is 23.0. The second-order valence-electron chi connectivity index (χ2n) is 4.76. The molecule has 2 aromatic rings. The lowest BCUT2D eigenvalue weighted by Gasteiger charge is -2.18. The zero-order chi connectivity index (χ0) is 13.4. The highest BCUT2D eigenvalue weighted by atomic mass is 16.5. The third-order valence-corrected chi connectivity index (χ3v) is 3.51. The maximum atomic E-state index is 9.66. The van der Waals surface area contributed by atoms with Crippen molar-refractivity contribution in [2.75, 3.05) is 25.1 Å². The quantitative estimate of drug-likeness (QED) is 0.835. The molecule has 5 nitrogen and oxygen atoms in total. The van der Waals surface area contributed by atoms with Crippen LogP contribution in [0.3, 0.4) is 0 Å². The number of rotatable bonds is 2. The van der Waals surface area contributed by atoms with Crippen LogP contribution < -0.4 is 9.64 Å². The summed E-state index contributed by atoms with van der Waals surface area (Å²) >= 11 is 0. The Hall–Kier alpha value is -1.85. The van der Waals surface area contributed by atoms with Crippen molar-refractivity contribution in [1.29, 1.82) is 0 Å². The molecule has 1 aromatic carbocycles. The van der Waals surface area contributed by atoms with Crippen LogP contribution in [0.2, 0.25) is 0 Å². The minimum atomic E-state index is -0.720. The first-order chi connectivity index (χ1) is 9.19. The van der Waals surface area contributed by atoms with Gasteiger partial charge < -0.3 is 19.8 Å². The van der Waals surface area contributed by atoms with E-state index in [9.17, 15) is 10.2 Å². The van der Waals surface area contributed by atoms with Crippen LogP contribution in [0.1, 0.15) is 0 Å². The number of fused-ring (bicyclic) bond motifs is 1. The summed E-state index contributed by atoms with van der Waals surface area (Å²) in [4.78, 5) is 6.28. The number of hydrogen-bond acceptors (Lipinski definition) is 5. The molecule has 19 heavy (non-hydrogen) atoms. The first-order valence-corrected chi connectivity index (χ1v) is 6.23. The number of β-amino-alcohol motifs (C(OH)–C–C–N with tert-alkyl or cyclic N) is 2. The Morgan fingerprint density at radius 3 is 2.63 bits per heavy atom. The summed E-state index contributed by atoms with van der Waals surface area (Å²) in [5.41, 5.74) is 0. The molecule has 0 saturated carbocycles. The largest absolute Gasteiger partial charge is 0.497 e. The number of benzene rings is 1. The summed E-state index contributed by atoms with van der Waals surface area (Å²) in [6.45, 7) is 0.787. The lowest BCUT2D eigenvalue weighted by Crippen LogP contribution is -2.22. The van der Waals surface area contributed by atoms with Gasteiger partial charge >= 0.3 is 0 Å². The molecule has 2 N–H and O–H groups in total. The third-order valence-electron chi connectivity index (χ3n) is 3.51. The fourth-order valence-corrected chi connectivity index (χ4v) is 2.45. The number of anilines is 1. The van der Waals surface area contributed by atoms with E-state index in [1.165, 1.54) is 0 Å². The summed E-state index contributed by atoms with van der Waals surface area (Å²) in [6, 6.07) is 7.73. The average Bonchev–Trinajstić information content (AvgIpc) is 2.77. The maximum Gasteiger partial charge on any atom is 0.136 e. The molecule has 2 atom stereocenters. The van der Waals surface area contributed by atoms with Crippen molar-refractivity contribution in [3.05, 3.63) is 30.5 Å². The average molecular weight is 260 g/mol. The Balaban J connectivity index is 2.08. The topological polar surface area (TPSA) is 65.8 Å². The Morgan fingerprint density at radius 2 is 1.95 bits per heavy atom. The molecule has 1 aromatic heterocycles. The van der Waals surface area contributed by atoms with Crippen LogP contribution in [-0.4, -0.2) is 47.6 Å². The van der Waals surface area contributed by atoms with Crippen LogP contribution in [0.25, 0.3) is 10.8 Å². The van der Waals surface area contributed by atoms with Crippen LogP contribution in [-0.2, 0) is 0 Å². The summed E-state index contributed by atoms with van der Waals surface area (Å²) < 4.78 is 5.24. The van der Waals surface area contributed by atoms with E-state index in [4.69, 9.17) is 4.74 Å². The predicted octanol–water partition coefficient (Wildman–Crippen LogP) is 0.785. The molecule has 5 heteroatoms. The minimum absolute atomic E-state index is 0.393. The van der Waals surface area contributed by atoms with Crippen LogP contribution in [0.15, 0.2) is 30.5 Å². The second-order valence-corrected chi connectivity index (χ2v) is 4.76. The van der Waals surface area contributed by atoms with Crippen LogP contribution in [0, 0.1) is 0 Å². The van der Waals surface area contributed by atoms with Gasteiger partial charge in [0.05, 0.1) is 19.3 Å². The number of aliphatic hydroxyl groups is 2. The van der Waals surface area contributed by atoms with Crippen molar-refractivity contribution in [3.63, 3.8) is 0 Å². The van der Waals surface area contributed by atoms with Gasteiger partial charge in [-0.05, 0) is 23.6 Å². The molecule has 1 fully saturated rings. The van der Waals surface area contributed by atoms with Gasteiger partial charge in [0.15, 0.2) is 0 Å². The number of hydrogen-bond donors (Lipinski definition) is 2. The zero-order valence-corrected chi connectivity index (χ0v) is 10.7. The SMILES string of the molecule is COc1ccc2ccnc(N3CC(O)C(O)C3)c2c1. The summed E-state index contributed by atoms with van der Waals surface area (Å²) in [6.07, 6.45) is 0.298. The highest BCUT2D eigenvalue weighted by Crippen LogP contribution is 2.30. The summed E-state index contributed by atoms with van der Waals surface area (Å²) in [5.74, 6) is 1.54. The first-order valence-electron chi connectivity index (χ1n) is 6.23. The van der Waals surface area contributed by atoms with E-state index in [0.717, 1.165) is 22.3 Å². The molecule has 0 radical (unpaired) electrons. The van der Waals surface area contributed by atoms with Crippen molar-refractivity contribution in [2.24, 2.45) is 0 Å². The molecule has 0 spiro atoms. The molecular formula is C14H16N2O3. The van der Waals surface area contributed by atoms with E-state index >= 15 is 0 Å². The van der Waals surface area contributed by atoms with Gasteiger partial charge in [-0.15, -0.1) is 0 Å². The highest BCUT2D eigenvalue weighted by Gasteiger charge is 2.31. The Morgan fingerprint density at radius 1 is 1.21 bits per heavy atom. The van der Waals surface area contributed by atoms with Crippen LogP contribution in [0.4, 0.5) is 5.82 Å². The van der Waals surface area contributed by atoms with Gasteiger partial charge in [0, 0.05) is 24.7 Å². The molecule has 1 aliphatic heterocycles. The lowest BCUT2D eigenvalue weighted by atomic mass is 10.1. The van der Waals surface area contributed by atoms with E-state index in [1.807, 2.05) is 29.2 Å². The fraction of sp³-hybridized carbons (Fsp3) is 0.357. The molecule has 1 saturated heterocycles. The monoisotopic (exact) mass is 260 g/mol.